The maximum Gasteiger partial charge on any atom is 0.231 e. The largest absolute Gasteiger partial charge is 0.454 e. The van der Waals surface area contributed by atoms with E-state index in [9.17, 15) is 4.79 Å². The van der Waals surface area contributed by atoms with Crippen LogP contribution in [0.25, 0.3) is 0 Å². The summed E-state index contributed by atoms with van der Waals surface area (Å²) < 4.78 is 15.9. The number of carbonyl (C=O) groups is 1. The molecule has 2 heterocycles. The first-order valence-corrected chi connectivity index (χ1v) is 6.95. The minimum absolute atomic E-state index is 0.109. The van der Waals surface area contributed by atoms with E-state index in [1.54, 1.807) is 18.2 Å². The second-order valence-corrected chi connectivity index (χ2v) is 5.25. The number of ether oxygens (including phenoxy) is 3. The minimum atomic E-state index is 0.109. The Labute approximate surface area is 118 Å². The van der Waals surface area contributed by atoms with Crippen molar-refractivity contribution in [1.29, 1.82) is 0 Å². The third kappa shape index (κ3) is 2.78. The first-order chi connectivity index (χ1) is 9.74. The predicted molar refractivity (Wildman–Crippen MR) is 73.4 cm³/mol. The van der Waals surface area contributed by atoms with Gasteiger partial charge in [-0.2, -0.15) is 0 Å². The zero-order valence-electron chi connectivity index (χ0n) is 11.6. The second kappa shape index (κ2) is 5.81. The normalized spacial score (nSPS) is 18.5. The summed E-state index contributed by atoms with van der Waals surface area (Å²) in [5, 5.41) is 0. The number of Topliss-reactive ketones (excluding diaryl/α,β-unsaturated/α-hetero) is 1. The van der Waals surface area contributed by atoms with Crippen LogP contribution in [0.1, 0.15) is 23.2 Å². The van der Waals surface area contributed by atoms with Gasteiger partial charge in [-0.25, -0.2) is 0 Å². The van der Waals surface area contributed by atoms with Gasteiger partial charge in [0.15, 0.2) is 17.3 Å². The molecule has 1 fully saturated rings. The summed E-state index contributed by atoms with van der Waals surface area (Å²) in [5.41, 5.74) is 0.674. The van der Waals surface area contributed by atoms with Crippen molar-refractivity contribution in [2.45, 2.75) is 18.9 Å². The summed E-state index contributed by atoms with van der Waals surface area (Å²) in [6.07, 6.45) is 1.98. The maximum atomic E-state index is 12.3. The fourth-order valence-corrected chi connectivity index (χ4v) is 2.64. The molecule has 3 rings (SSSR count). The van der Waals surface area contributed by atoms with Crippen molar-refractivity contribution in [2.75, 3.05) is 33.6 Å². The fraction of sp³-hybridized carbons (Fsp3) is 0.533. The van der Waals surface area contributed by atoms with Crippen LogP contribution in [-0.4, -0.2) is 50.3 Å². The lowest BCUT2D eigenvalue weighted by Gasteiger charge is -2.30. The van der Waals surface area contributed by atoms with Gasteiger partial charge in [0, 0.05) is 24.8 Å². The Balaban J connectivity index is 1.63. The molecule has 0 amide bonds. The van der Waals surface area contributed by atoms with E-state index in [1.807, 2.05) is 7.05 Å². The zero-order chi connectivity index (χ0) is 13.9. The number of likely N-dealkylation sites (N-methyl/N-ethyl adjacent to an activating group) is 1. The number of fused-ring (bicyclic) bond motifs is 1. The van der Waals surface area contributed by atoms with E-state index in [1.165, 1.54) is 0 Å². The SMILES string of the molecule is CN(CC(=O)c1ccc2c(c1)OCO2)C1CCOCC1. The fourth-order valence-electron chi connectivity index (χ4n) is 2.64. The first kappa shape index (κ1) is 13.4. The third-order valence-corrected chi connectivity index (χ3v) is 3.90. The van der Waals surface area contributed by atoms with Gasteiger partial charge in [-0.3, -0.25) is 9.69 Å². The highest BCUT2D eigenvalue weighted by Crippen LogP contribution is 2.32. The van der Waals surface area contributed by atoms with Crippen LogP contribution in [0.15, 0.2) is 18.2 Å². The lowest BCUT2D eigenvalue weighted by molar-refractivity contribution is 0.0418. The van der Waals surface area contributed by atoms with Crippen LogP contribution in [0.2, 0.25) is 0 Å². The third-order valence-electron chi connectivity index (χ3n) is 3.90. The van der Waals surface area contributed by atoms with Crippen molar-refractivity contribution in [3.8, 4) is 11.5 Å². The number of hydrogen-bond acceptors (Lipinski definition) is 5. The number of nitrogens with zero attached hydrogens (tertiary/aromatic N) is 1. The second-order valence-electron chi connectivity index (χ2n) is 5.25. The molecule has 2 aliphatic rings. The van der Waals surface area contributed by atoms with Crippen molar-refractivity contribution in [2.24, 2.45) is 0 Å². The monoisotopic (exact) mass is 277 g/mol. The molecular formula is C15H19NO4. The molecule has 0 aliphatic carbocycles. The number of rotatable bonds is 4. The van der Waals surface area contributed by atoms with Gasteiger partial charge in [-0.15, -0.1) is 0 Å². The molecule has 20 heavy (non-hydrogen) atoms. The highest BCUT2D eigenvalue weighted by Gasteiger charge is 2.22. The molecule has 0 aromatic heterocycles. The van der Waals surface area contributed by atoms with Gasteiger partial charge in [0.1, 0.15) is 0 Å². The van der Waals surface area contributed by atoms with Crippen molar-refractivity contribution in [3.63, 3.8) is 0 Å². The van der Waals surface area contributed by atoms with Gasteiger partial charge < -0.3 is 14.2 Å². The maximum absolute atomic E-state index is 12.3. The number of benzene rings is 1. The Morgan fingerprint density at radius 3 is 2.80 bits per heavy atom. The van der Waals surface area contributed by atoms with E-state index >= 15 is 0 Å². The summed E-state index contributed by atoms with van der Waals surface area (Å²) in [7, 11) is 2.00. The molecule has 108 valence electrons. The van der Waals surface area contributed by atoms with E-state index < -0.39 is 0 Å². The van der Waals surface area contributed by atoms with Crippen LogP contribution < -0.4 is 9.47 Å². The van der Waals surface area contributed by atoms with Crippen LogP contribution in [0, 0.1) is 0 Å². The highest BCUT2D eigenvalue weighted by molar-refractivity contribution is 5.98. The van der Waals surface area contributed by atoms with Crippen molar-refractivity contribution >= 4 is 5.78 Å². The topological polar surface area (TPSA) is 48.0 Å². The number of carbonyl (C=O) groups excluding carboxylic acids is 1. The van der Waals surface area contributed by atoms with E-state index in [2.05, 4.69) is 4.90 Å². The van der Waals surface area contributed by atoms with Crippen LogP contribution in [0.3, 0.4) is 0 Å². The summed E-state index contributed by atoms with van der Waals surface area (Å²) in [6, 6.07) is 5.79. The average molecular weight is 277 g/mol. The summed E-state index contributed by atoms with van der Waals surface area (Å²) in [5.74, 6) is 1.47. The average Bonchev–Trinajstić information content (AvgIpc) is 2.95. The van der Waals surface area contributed by atoms with Gasteiger partial charge in [0.2, 0.25) is 6.79 Å². The molecule has 5 heteroatoms. The van der Waals surface area contributed by atoms with E-state index in [0.717, 1.165) is 26.1 Å². The Kier molecular flexibility index (Phi) is 3.89. The smallest absolute Gasteiger partial charge is 0.231 e. The Morgan fingerprint density at radius 1 is 1.25 bits per heavy atom. The molecule has 1 aromatic rings. The van der Waals surface area contributed by atoms with E-state index in [4.69, 9.17) is 14.2 Å². The lowest BCUT2D eigenvalue weighted by Crippen LogP contribution is -2.39. The number of hydrogen-bond donors (Lipinski definition) is 0. The Bertz CT molecular complexity index is 497. The summed E-state index contributed by atoms with van der Waals surface area (Å²) in [6.45, 7) is 2.22. The summed E-state index contributed by atoms with van der Waals surface area (Å²) >= 11 is 0. The van der Waals surface area contributed by atoms with Crippen molar-refractivity contribution in [1.82, 2.24) is 4.90 Å². The van der Waals surface area contributed by atoms with Crippen LogP contribution in [0.5, 0.6) is 11.5 Å². The van der Waals surface area contributed by atoms with Gasteiger partial charge >= 0.3 is 0 Å². The number of ketones is 1. The van der Waals surface area contributed by atoms with E-state index in [0.29, 0.717) is 29.6 Å². The van der Waals surface area contributed by atoms with Crippen molar-refractivity contribution < 1.29 is 19.0 Å². The molecule has 1 saturated heterocycles. The van der Waals surface area contributed by atoms with Gasteiger partial charge in [-0.05, 0) is 38.1 Å². The van der Waals surface area contributed by atoms with Crippen LogP contribution in [0.4, 0.5) is 0 Å². The Morgan fingerprint density at radius 2 is 2.00 bits per heavy atom. The zero-order valence-corrected chi connectivity index (χ0v) is 11.6. The molecule has 5 nitrogen and oxygen atoms in total. The molecule has 2 aliphatic heterocycles. The molecule has 0 radical (unpaired) electrons. The molecule has 0 unspecified atom stereocenters. The highest BCUT2D eigenvalue weighted by atomic mass is 16.7. The van der Waals surface area contributed by atoms with Gasteiger partial charge in [0.25, 0.3) is 0 Å². The van der Waals surface area contributed by atoms with Gasteiger partial charge in [-0.1, -0.05) is 0 Å². The summed E-state index contributed by atoms with van der Waals surface area (Å²) in [4.78, 5) is 14.4. The molecule has 0 bridgehead atoms. The lowest BCUT2D eigenvalue weighted by atomic mass is 10.1. The quantitative estimate of drug-likeness (QED) is 0.784. The first-order valence-electron chi connectivity index (χ1n) is 6.95. The molecule has 0 atom stereocenters. The Hall–Kier alpha value is -1.59. The predicted octanol–water partition coefficient (Wildman–Crippen LogP) is 1.71. The molecule has 1 aromatic carbocycles. The molecule has 0 saturated carbocycles. The van der Waals surface area contributed by atoms with Crippen molar-refractivity contribution in [3.05, 3.63) is 23.8 Å². The standard InChI is InChI=1S/C15H19NO4/c1-16(12-4-6-18-7-5-12)9-13(17)11-2-3-14-15(8-11)20-10-19-14/h2-3,8,12H,4-7,9-10H2,1H3. The molecule has 0 N–H and O–H groups in total. The van der Waals surface area contributed by atoms with Gasteiger partial charge in [0.05, 0.1) is 6.54 Å². The molecular weight excluding hydrogens is 258 g/mol. The minimum Gasteiger partial charge on any atom is -0.454 e. The van der Waals surface area contributed by atoms with Crippen LogP contribution >= 0.6 is 0 Å². The molecule has 0 spiro atoms. The van der Waals surface area contributed by atoms with Crippen LogP contribution in [-0.2, 0) is 4.74 Å². The van der Waals surface area contributed by atoms with E-state index in [-0.39, 0.29) is 12.6 Å².